The van der Waals surface area contributed by atoms with Crippen LogP contribution in [0.3, 0.4) is 0 Å². The molecule has 176 valence electrons. The molecule has 0 bridgehead atoms. The van der Waals surface area contributed by atoms with Crippen molar-refractivity contribution >= 4 is 58.0 Å². The summed E-state index contributed by atoms with van der Waals surface area (Å²) in [5.41, 5.74) is 5.03. The van der Waals surface area contributed by atoms with Crippen molar-refractivity contribution in [2.45, 2.75) is 25.2 Å². The first-order valence-corrected chi connectivity index (χ1v) is 13.0. The molecule has 0 saturated carbocycles. The van der Waals surface area contributed by atoms with Crippen molar-refractivity contribution < 1.29 is 0 Å². The lowest BCUT2D eigenvalue weighted by molar-refractivity contribution is 0.701. The molecule has 0 aromatic heterocycles. The Kier molecular flexibility index (Phi) is 11.1. The minimum atomic E-state index is 0.341. The molecule has 0 atom stereocenters. The van der Waals surface area contributed by atoms with Crippen LogP contribution < -0.4 is 0 Å². The predicted octanol–water partition coefficient (Wildman–Crippen LogP) is 10.7. The quantitative estimate of drug-likeness (QED) is 0.201. The topological polar surface area (TPSA) is 0 Å². The lowest BCUT2D eigenvalue weighted by Crippen LogP contribution is -2.01. The molecule has 0 fully saturated rings. The van der Waals surface area contributed by atoms with E-state index in [-0.39, 0.29) is 0 Å². The third-order valence-corrected chi connectivity index (χ3v) is 6.68. The first-order valence-electron chi connectivity index (χ1n) is 11.0. The second kappa shape index (κ2) is 14.0. The zero-order valence-corrected chi connectivity index (χ0v) is 22.3. The molecule has 0 aliphatic carbocycles. The van der Waals surface area contributed by atoms with Crippen LogP contribution in [0.1, 0.15) is 41.0 Å². The molecule has 0 unspecified atom stereocenters. The SMILES string of the molecule is ClCCCC(c1ccc(Cl)cc1)c1ccc(Cl)cc1.Clc1ccc(Cc2ccc(Cl)cc2)cc1. The molecule has 5 heteroatoms. The summed E-state index contributed by atoms with van der Waals surface area (Å²) in [5.74, 6) is 1.02. The molecule has 4 aromatic carbocycles. The van der Waals surface area contributed by atoms with Crippen LogP contribution in [0.2, 0.25) is 20.1 Å². The molecule has 0 N–H and O–H groups in total. The second-order valence-corrected chi connectivity index (χ2v) is 10.0. The van der Waals surface area contributed by atoms with Gasteiger partial charge in [0.25, 0.3) is 0 Å². The highest BCUT2D eigenvalue weighted by atomic mass is 35.5. The minimum absolute atomic E-state index is 0.341. The highest BCUT2D eigenvalue weighted by Crippen LogP contribution is 2.31. The van der Waals surface area contributed by atoms with Crippen molar-refractivity contribution in [3.05, 3.63) is 139 Å². The summed E-state index contributed by atoms with van der Waals surface area (Å²) in [6.45, 7) is 0. The van der Waals surface area contributed by atoms with Crippen LogP contribution in [-0.4, -0.2) is 5.88 Å². The van der Waals surface area contributed by atoms with Crippen LogP contribution in [0.4, 0.5) is 0 Å². The van der Waals surface area contributed by atoms with Gasteiger partial charge in [-0.2, -0.15) is 0 Å². The summed E-state index contributed by atoms with van der Waals surface area (Å²) < 4.78 is 0. The molecule has 34 heavy (non-hydrogen) atoms. The lowest BCUT2D eigenvalue weighted by Gasteiger charge is -2.18. The molecule has 0 saturated heterocycles. The maximum Gasteiger partial charge on any atom is 0.0406 e. The van der Waals surface area contributed by atoms with Gasteiger partial charge in [0.05, 0.1) is 0 Å². The van der Waals surface area contributed by atoms with Crippen LogP contribution in [-0.2, 0) is 6.42 Å². The molecular weight excluding hydrogens is 526 g/mol. The maximum absolute atomic E-state index is 5.95. The van der Waals surface area contributed by atoms with E-state index in [2.05, 4.69) is 24.3 Å². The van der Waals surface area contributed by atoms with Gasteiger partial charge >= 0.3 is 0 Å². The first kappa shape index (κ1) is 26.9. The van der Waals surface area contributed by atoms with E-state index < -0.39 is 0 Å². The molecule has 0 nitrogen and oxygen atoms in total. The molecule has 0 radical (unpaired) electrons. The molecule has 4 aromatic rings. The minimum Gasteiger partial charge on any atom is -0.127 e. The summed E-state index contributed by atoms with van der Waals surface area (Å²) in [4.78, 5) is 0. The van der Waals surface area contributed by atoms with E-state index in [1.807, 2.05) is 72.8 Å². The van der Waals surface area contributed by atoms with Gasteiger partial charge in [0, 0.05) is 31.9 Å². The van der Waals surface area contributed by atoms with E-state index >= 15 is 0 Å². The Balaban J connectivity index is 0.000000196. The van der Waals surface area contributed by atoms with E-state index in [4.69, 9.17) is 58.0 Å². The van der Waals surface area contributed by atoms with Gasteiger partial charge < -0.3 is 0 Å². The lowest BCUT2D eigenvalue weighted by atomic mass is 9.88. The fourth-order valence-electron chi connectivity index (χ4n) is 3.64. The Morgan fingerprint density at radius 3 is 1.12 bits per heavy atom. The summed E-state index contributed by atoms with van der Waals surface area (Å²) in [6, 6.07) is 31.8. The normalized spacial score (nSPS) is 10.6. The maximum atomic E-state index is 5.95. The molecule has 0 amide bonds. The van der Waals surface area contributed by atoms with Gasteiger partial charge in [0.2, 0.25) is 0 Å². The Hall–Kier alpha value is -1.67. The van der Waals surface area contributed by atoms with Gasteiger partial charge in [-0.1, -0.05) is 94.9 Å². The molecule has 4 rings (SSSR count). The summed E-state index contributed by atoms with van der Waals surface area (Å²) in [7, 11) is 0. The summed E-state index contributed by atoms with van der Waals surface area (Å²) in [6.07, 6.45) is 2.92. The van der Waals surface area contributed by atoms with Crippen LogP contribution >= 0.6 is 58.0 Å². The number of benzene rings is 4. The van der Waals surface area contributed by atoms with Gasteiger partial charge in [-0.05, 0) is 90.0 Å². The van der Waals surface area contributed by atoms with E-state index in [9.17, 15) is 0 Å². The van der Waals surface area contributed by atoms with E-state index in [1.165, 1.54) is 22.3 Å². The van der Waals surface area contributed by atoms with Crippen LogP contribution in [0, 0.1) is 0 Å². The van der Waals surface area contributed by atoms with Gasteiger partial charge in [-0.15, -0.1) is 11.6 Å². The molecule has 0 aliphatic rings. The third-order valence-electron chi connectivity index (χ3n) is 5.41. The van der Waals surface area contributed by atoms with Crippen LogP contribution in [0.25, 0.3) is 0 Å². The average molecular weight is 551 g/mol. The second-order valence-electron chi connectivity index (χ2n) is 7.92. The van der Waals surface area contributed by atoms with Crippen LogP contribution in [0.5, 0.6) is 0 Å². The zero-order chi connectivity index (χ0) is 24.3. The van der Waals surface area contributed by atoms with Crippen molar-refractivity contribution in [2.75, 3.05) is 5.88 Å². The molecular formula is C29H25Cl5. The highest BCUT2D eigenvalue weighted by molar-refractivity contribution is 6.31. The largest absolute Gasteiger partial charge is 0.127 e. The Morgan fingerprint density at radius 2 is 0.794 bits per heavy atom. The van der Waals surface area contributed by atoms with E-state index in [0.29, 0.717) is 11.8 Å². The number of hydrogen-bond acceptors (Lipinski definition) is 0. The monoisotopic (exact) mass is 548 g/mol. The number of alkyl halides is 1. The highest BCUT2D eigenvalue weighted by Gasteiger charge is 2.13. The molecule has 0 heterocycles. The van der Waals surface area contributed by atoms with Crippen molar-refractivity contribution in [3.63, 3.8) is 0 Å². The number of halogens is 5. The predicted molar refractivity (Wildman–Crippen MR) is 150 cm³/mol. The van der Waals surface area contributed by atoms with Crippen molar-refractivity contribution in [2.24, 2.45) is 0 Å². The van der Waals surface area contributed by atoms with Crippen molar-refractivity contribution in [1.82, 2.24) is 0 Å². The fraction of sp³-hybridized carbons (Fsp3) is 0.172. The third kappa shape index (κ3) is 8.84. The Labute approximate surface area is 227 Å². The van der Waals surface area contributed by atoms with Crippen molar-refractivity contribution in [3.8, 4) is 0 Å². The number of rotatable bonds is 7. The van der Waals surface area contributed by atoms with Crippen LogP contribution in [0.15, 0.2) is 97.1 Å². The first-order chi connectivity index (χ1) is 16.4. The Bertz CT molecular complexity index is 1030. The van der Waals surface area contributed by atoms with Gasteiger partial charge in [0.1, 0.15) is 0 Å². The number of hydrogen-bond donors (Lipinski definition) is 0. The van der Waals surface area contributed by atoms with Gasteiger partial charge in [0.15, 0.2) is 0 Å². The van der Waals surface area contributed by atoms with Gasteiger partial charge in [-0.3, -0.25) is 0 Å². The summed E-state index contributed by atoms with van der Waals surface area (Å²) >= 11 is 29.4. The van der Waals surface area contributed by atoms with Gasteiger partial charge in [-0.25, -0.2) is 0 Å². The fourth-order valence-corrected chi connectivity index (χ4v) is 4.30. The molecule has 0 aliphatic heterocycles. The Morgan fingerprint density at radius 1 is 0.471 bits per heavy atom. The zero-order valence-electron chi connectivity index (χ0n) is 18.5. The van der Waals surface area contributed by atoms with E-state index in [0.717, 1.165) is 39.4 Å². The standard InChI is InChI=1S/C16H15Cl3.C13H10Cl2/c17-11-1-2-16(12-3-7-14(18)8-4-12)13-5-9-15(19)10-6-13;14-12-5-1-10(2-6-12)9-11-3-7-13(15)8-4-11/h3-10,16H,1-2,11H2;1-8H,9H2. The van der Waals surface area contributed by atoms with Crippen molar-refractivity contribution in [1.29, 1.82) is 0 Å². The van der Waals surface area contributed by atoms with E-state index in [1.54, 1.807) is 0 Å². The molecule has 0 spiro atoms. The average Bonchev–Trinajstić information content (AvgIpc) is 2.85. The summed E-state index contributed by atoms with van der Waals surface area (Å²) in [5, 5.41) is 3.07. The smallest absolute Gasteiger partial charge is 0.0406 e.